The van der Waals surface area contributed by atoms with Crippen LogP contribution in [0.2, 0.25) is 5.02 Å². The van der Waals surface area contributed by atoms with E-state index >= 15 is 0 Å². The maximum Gasteiger partial charge on any atom is 0.242 e. The number of nitrogens with two attached hydrogens (primary N) is 1. The third-order valence-corrected chi connectivity index (χ3v) is 4.34. The summed E-state index contributed by atoms with van der Waals surface area (Å²) in [7, 11) is 0. The Morgan fingerprint density at radius 3 is 2.42 bits per heavy atom. The Balaban J connectivity index is 1.72. The minimum Gasteiger partial charge on any atom is -0.368 e. The Bertz CT molecular complexity index is 554. The first-order valence-electron chi connectivity index (χ1n) is 8.26. The molecule has 1 atom stereocenters. The Morgan fingerprint density at radius 1 is 1.21 bits per heavy atom. The Labute approximate surface area is 147 Å². The van der Waals surface area contributed by atoms with Crippen molar-refractivity contribution >= 4 is 29.1 Å². The molecule has 7 heteroatoms. The van der Waals surface area contributed by atoms with Crippen LogP contribution in [0.25, 0.3) is 0 Å². The van der Waals surface area contributed by atoms with Crippen LogP contribution < -0.4 is 16.0 Å². The molecule has 1 unspecified atom stereocenters. The number of halogens is 1. The van der Waals surface area contributed by atoms with Gasteiger partial charge >= 0.3 is 0 Å². The second-order valence-electron chi connectivity index (χ2n) is 6.14. The molecule has 1 aliphatic rings. The number of anilines is 1. The van der Waals surface area contributed by atoms with Crippen molar-refractivity contribution < 1.29 is 9.59 Å². The summed E-state index contributed by atoms with van der Waals surface area (Å²) in [4.78, 5) is 27.8. The third-order valence-electron chi connectivity index (χ3n) is 4.09. The minimum atomic E-state index is -0.125. The van der Waals surface area contributed by atoms with E-state index in [-0.39, 0.29) is 24.4 Å². The summed E-state index contributed by atoms with van der Waals surface area (Å²) in [6.07, 6.45) is 0.981. The minimum absolute atomic E-state index is 0.00704. The van der Waals surface area contributed by atoms with Crippen LogP contribution in [-0.4, -0.2) is 55.5 Å². The largest absolute Gasteiger partial charge is 0.368 e. The summed E-state index contributed by atoms with van der Waals surface area (Å²) in [6, 6.07) is 7.70. The molecular weight excluding hydrogens is 328 g/mol. The lowest BCUT2D eigenvalue weighted by molar-refractivity contribution is -0.133. The lowest BCUT2D eigenvalue weighted by atomic mass is 10.2. The van der Waals surface area contributed by atoms with Gasteiger partial charge in [-0.2, -0.15) is 0 Å². The van der Waals surface area contributed by atoms with Gasteiger partial charge in [-0.1, -0.05) is 11.6 Å². The molecule has 1 heterocycles. The predicted molar refractivity (Wildman–Crippen MR) is 96.1 cm³/mol. The molecule has 132 valence electrons. The number of benzene rings is 1. The summed E-state index contributed by atoms with van der Waals surface area (Å²) in [5.41, 5.74) is 6.72. The first-order chi connectivity index (χ1) is 11.5. The smallest absolute Gasteiger partial charge is 0.242 e. The van der Waals surface area contributed by atoms with Crippen LogP contribution in [0.1, 0.15) is 19.8 Å². The standard InChI is InChI=1S/C17H25ClN4O2/c1-13(19)2-7-16(23)20-12-17(24)22-10-8-21(9-11-22)15-5-3-14(18)4-6-15/h3-6,13H,2,7-12,19H2,1H3,(H,20,23). The van der Waals surface area contributed by atoms with E-state index < -0.39 is 0 Å². The summed E-state index contributed by atoms with van der Waals surface area (Å²) < 4.78 is 0. The highest BCUT2D eigenvalue weighted by Gasteiger charge is 2.21. The third kappa shape index (κ3) is 5.69. The van der Waals surface area contributed by atoms with Gasteiger partial charge in [-0.15, -0.1) is 0 Å². The number of rotatable bonds is 6. The van der Waals surface area contributed by atoms with Crippen LogP contribution in [0.15, 0.2) is 24.3 Å². The molecule has 0 saturated carbocycles. The van der Waals surface area contributed by atoms with E-state index in [9.17, 15) is 9.59 Å². The van der Waals surface area contributed by atoms with Crippen molar-refractivity contribution in [2.24, 2.45) is 5.73 Å². The number of carbonyl (C=O) groups excluding carboxylic acids is 2. The summed E-state index contributed by atoms with van der Waals surface area (Å²) in [6.45, 7) is 4.75. The van der Waals surface area contributed by atoms with Gasteiger partial charge in [-0.25, -0.2) is 0 Å². The fourth-order valence-electron chi connectivity index (χ4n) is 2.60. The van der Waals surface area contributed by atoms with Crippen molar-refractivity contribution in [1.29, 1.82) is 0 Å². The fourth-order valence-corrected chi connectivity index (χ4v) is 2.73. The first-order valence-corrected chi connectivity index (χ1v) is 8.64. The molecule has 1 fully saturated rings. The molecule has 1 aromatic carbocycles. The number of nitrogens with one attached hydrogen (secondary N) is 1. The summed E-state index contributed by atoms with van der Waals surface area (Å²) in [5.74, 6) is -0.166. The van der Waals surface area contributed by atoms with Gasteiger partial charge in [0.15, 0.2) is 0 Å². The van der Waals surface area contributed by atoms with Crippen molar-refractivity contribution in [2.45, 2.75) is 25.8 Å². The van der Waals surface area contributed by atoms with Gasteiger partial charge in [0.05, 0.1) is 6.54 Å². The van der Waals surface area contributed by atoms with Crippen molar-refractivity contribution in [3.05, 3.63) is 29.3 Å². The van der Waals surface area contributed by atoms with Crippen LogP contribution in [0.5, 0.6) is 0 Å². The number of piperazine rings is 1. The number of carbonyl (C=O) groups is 2. The number of hydrogen-bond donors (Lipinski definition) is 2. The van der Waals surface area contributed by atoms with E-state index in [0.29, 0.717) is 31.0 Å². The zero-order valence-corrected chi connectivity index (χ0v) is 14.8. The Kier molecular flexibility index (Phi) is 6.87. The van der Waals surface area contributed by atoms with Gasteiger partial charge in [-0.05, 0) is 37.6 Å². The van der Waals surface area contributed by atoms with Gasteiger partial charge in [0, 0.05) is 49.4 Å². The van der Waals surface area contributed by atoms with Crippen molar-refractivity contribution in [3.63, 3.8) is 0 Å². The van der Waals surface area contributed by atoms with Crippen LogP contribution in [0.3, 0.4) is 0 Å². The highest BCUT2D eigenvalue weighted by Crippen LogP contribution is 2.19. The molecule has 6 nitrogen and oxygen atoms in total. The van der Waals surface area contributed by atoms with E-state index in [2.05, 4.69) is 10.2 Å². The maximum absolute atomic E-state index is 12.2. The van der Waals surface area contributed by atoms with Crippen LogP contribution in [0, 0.1) is 0 Å². The fraction of sp³-hybridized carbons (Fsp3) is 0.529. The maximum atomic E-state index is 12.2. The summed E-state index contributed by atoms with van der Waals surface area (Å²) >= 11 is 5.90. The average molecular weight is 353 g/mol. The molecule has 0 aromatic heterocycles. The summed E-state index contributed by atoms with van der Waals surface area (Å²) in [5, 5.41) is 3.39. The van der Waals surface area contributed by atoms with E-state index in [1.807, 2.05) is 31.2 Å². The molecule has 0 bridgehead atoms. The SMILES string of the molecule is CC(N)CCC(=O)NCC(=O)N1CCN(c2ccc(Cl)cc2)CC1. The van der Waals surface area contributed by atoms with Crippen molar-refractivity contribution in [3.8, 4) is 0 Å². The highest BCUT2D eigenvalue weighted by atomic mass is 35.5. The van der Waals surface area contributed by atoms with Gasteiger partial charge in [-0.3, -0.25) is 9.59 Å². The molecule has 0 radical (unpaired) electrons. The molecule has 0 spiro atoms. The Morgan fingerprint density at radius 2 is 1.83 bits per heavy atom. The van der Waals surface area contributed by atoms with Gasteiger partial charge in [0.2, 0.25) is 11.8 Å². The molecule has 1 aliphatic heterocycles. The lowest BCUT2D eigenvalue weighted by Gasteiger charge is -2.36. The average Bonchev–Trinajstić information content (AvgIpc) is 2.58. The molecular formula is C17H25ClN4O2. The second-order valence-corrected chi connectivity index (χ2v) is 6.57. The van der Waals surface area contributed by atoms with E-state index in [0.717, 1.165) is 18.8 Å². The van der Waals surface area contributed by atoms with Gasteiger partial charge < -0.3 is 20.9 Å². The van der Waals surface area contributed by atoms with Crippen molar-refractivity contribution in [2.75, 3.05) is 37.6 Å². The van der Waals surface area contributed by atoms with E-state index in [1.165, 1.54) is 0 Å². The van der Waals surface area contributed by atoms with Gasteiger partial charge in [0.25, 0.3) is 0 Å². The number of amides is 2. The normalized spacial score (nSPS) is 16.0. The predicted octanol–water partition coefficient (Wildman–Crippen LogP) is 1.23. The first kappa shape index (κ1) is 18.5. The monoisotopic (exact) mass is 352 g/mol. The van der Waals surface area contributed by atoms with Gasteiger partial charge in [0.1, 0.15) is 0 Å². The zero-order valence-electron chi connectivity index (χ0n) is 14.0. The molecule has 0 aliphatic carbocycles. The van der Waals surface area contributed by atoms with Crippen LogP contribution in [0.4, 0.5) is 5.69 Å². The topological polar surface area (TPSA) is 78.7 Å². The zero-order chi connectivity index (χ0) is 17.5. The molecule has 3 N–H and O–H groups in total. The highest BCUT2D eigenvalue weighted by molar-refractivity contribution is 6.30. The lowest BCUT2D eigenvalue weighted by Crippen LogP contribution is -2.51. The molecule has 24 heavy (non-hydrogen) atoms. The number of hydrogen-bond acceptors (Lipinski definition) is 4. The molecule has 2 amide bonds. The van der Waals surface area contributed by atoms with E-state index in [4.69, 9.17) is 17.3 Å². The molecule has 1 saturated heterocycles. The quantitative estimate of drug-likeness (QED) is 0.807. The van der Waals surface area contributed by atoms with Crippen LogP contribution >= 0.6 is 11.6 Å². The molecule has 2 rings (SSSR count). The second kappa shape index (κ2) is 8.89. The van der Waals surface area contributed by atoms with E-state index in [1.54, 1.807) is 4.90 Å². The van der Waals surface area contributed by atoms with Crippen LogP contribution in [-0.2, 0) is 9.59 Å². The molecule has 1 aromatic rings. The van der Waals surface area contributed by atoms with Crippen molar-refractivity contribution in [1.82, 2.24) is 10.2 Å². The number of nitrogens with zero attached hydrogens (tertiary/aromatic N) is 2. The Hall–Kier alpha value is -1.79.